The molecule has 0 aliphatic heterocycles. The summed E-state index contributed by atoms with van der Waals surface area (Å²) in [4.78, 5) is 0. The van der Waals surface area contributed by atoms with Gasteiger partial charge in [0.2, 0.25) is 0 Å². The first-order valence-corrected chi connectivity index (χ1v) is 3.51. The molecule has 0 N–H and O–H groups in total. The maximum atomic E-state index is 3.71. The van der Waals surface area contributed by atoms with Crippen LogP contribution >= 0.6 is 0 Å². The van der Waals surface area contributed by atoms with E-state index < -0.39 is 0 Å². The summed E-state index contributed by atoms with van der Waals surface area (Å²) in [5, 5.41) is 0. The van der Waals surface area contributed by atoms with Gasteiger partial charge in [-0.25, -0.2) is 0 Å². The summed E-state index contributed by atoms with van der Waals surface area (Å²) >= 11 is 0. The molecule has 10 heavy (non-hydrogen) atoms. The molecule has 0 spiro atoms. The Kier molecular flexibility index (Phi) is 2.27. The average molecular weight is 132 g/mol. The molecule has 52 valence electrons. The van der Waals surface area contributed by atoms with Crippen molar-refractivity contribution in [2.75, 3.05) is 0 Å². The minimum atomic E-state index is 1.11. The molecule has 1 rings (SSSR count). The van der Waals surface area contributed by atoms with Gasteiger partial charge in [0.1, 0.15) is 0 Å². The first-order valence-electron chi connectivity index (χ1n) is 3.51. The zero-order valence-electron chi connectivity index (χ0n) is 6.14. The third-order valence-electron chi connectivity index (χ3n) is 1.74. The fraction of sp³-hybridized carbons (Fsp3) is 0.200. The van der Waals surface area contributed by atoms with Crippen LogP contribution in [0.5, 0.6) is 0 Å². The largest absolute Gasteiger partial charge is 0.0988 e. The topological polar surface area (TPSA) is 0 Å². The summed E-state index contributed by atoms with van der Waals surface area (Å²) in [6.07, 6.45) is 10.3. The number of hydrogen-bond acceptors (Lipinski definition) is 0. The van der Waals surface area contributed by atoms with Gasteiger partial charge in [0.05, 0.1) is 0 Å². The van der Waals surface area contributed by atoms with E-state index >= 15 is 0 Å². The van der Waals surface area contributed by atoms with Gasteiger partial charge in [0.15, 0.2) is 0 Å². The van der Waals surface area contributed by atoms with E-state index in [0.717, 1.165) is 12.8 Å². The van der Waals surface area contributed by atoms with Crippen LogP contribution in [0, 0.1) is 0 Å². The minimum absolute atomic E-state index is 1.11. The predicted molar refractivity (Wildman–Crippen MR) is 45.8 cm³/mol. The van der Waals surface area contributed by atoms with E-state index in [0.29, 0.717) is 0 Å². The standard InChI is InChI=1S/C10H12/c1-3-9-5-7-10(4-2)8-6-9/h3-5,7H,1-2,6,8H2. The first kappa shape index (κ1) is 7.07. The molecule has 0 radical (unpaired) electrons. The molecular formula is C10H12. The van der Waals surface area contributed by atoms with Crippen molar-refractivity contribution in [3.8, 4) is 0 Å². The summed E-state index contributed by atoms with van der Waals surface area (Å²) in [5.41, 5.74) is 2.65. The number of allylic oxidation sites excluding steroid dienone is 6. The molecule has 0 nitrogen and oxygen atoms in total. The molecule has 0 amide bonds. The van der Waals surface area contributed by atoms with Gasteiger partial charge in [0, 0.05) is 0 Å². The van der Waals surface area contributed by atoms with Gasteiger partial charge in [-0.15, -0.1) is 0 Å². The zero-order chi connectivity index (χ0) is 7.40. The smallest absolute Gasteiger partial charge is 0.0238 e. The molecule has 0 bridgehead atoms. The fourth-order valence-corrected chi connectivity index (χ4v) is 1.01. The number of hydrogen-bond donors (Lipinski definition) is 0. The van der Waals surface area contributed by atoms with E-state index in [1.165, 1.54) is 11.1 Å². The van der Waals surface area contributed by atoms with Crippen LogP contribution in [-0.4, -0.2) is 0 Å². The van der Waals surface area contributed by atoms with Crippen molar-refractivity contribution in [1.82, 2.24) is 0 Å². The highest BCUT2D eigenvalue weighted by Gasteiger charge is 1.99. The Morgan fingerprint density at radius 1 is 1.00 bits per heavy atom. The first-order chi connectivity index (χ1) is 4.86. The average Bonchev–Trinajstić information content (AvgIpc) is 2.05. The Labute approximate surface area is 62.3 Å². The van der Waals surface area contributed by atoms with Crippen LogP contribution in [0.3, 0.4) is 0 Å². The van der Waals surface area contributed by atoms with Crippen LogP contribution in [0.2, 0.25) is 0 Å². The summed E-state index contributed by atoms with van der Waals surface area (Å²) in [6, 6.07) is 0. The van der Waals surface area contributed by atoms with Gasteiger partial charge >= 0.3 is 0 Å². The summed E-state index contributed by atoms with van der Waals surface area (Å²) in [5.74, 6) is 0. The second-order valence-corrected chi connectivity index (χ2v) is 2.39. The molecule has 0 saturated heterocycles. The molecular weight excluding hydrogens is 120 g/mol. The second-order valence-electron chi connectivity index (χ2n) is 2.39. The maximum Gasteiger partial charge on any atom is -0.0238 e. The second kappa shape index (κ2) is 3.21. The van der Waals surface area contributed by atoms with Crippen LogP contribution in [0.1, 0.15) is 12.8 Å². The Morgan fingerprint density at radius 3 is 1.60 bits per heavy atom. The molecule has 0 saturated carbocycles. The van der Waals surface area contributed by atoms with Gasteiger partial charge < -0.3 is 0 Å². The van der Waals surface area contributed by atoms with Crippen molar-refractivity contribution in [3.63, 3.8) is 0 Å². The predicted octanol–water partition coefficient (Wildman–Crippen LogP) is 3.01. The molecule has 1 aliphatic rings. The molecule has 0 fully saturated rings. The molecule has 0 atom stereocenters. The van der Waals surface area contributed by atoms with E-state index in [-0.39, 0.29) is 0 Å². The van der Waals surface area contributed by atoms with E-state index in [1.807, 2.05) is 12.2 Å². The van der Waals surface area contributed by atoms with E-state index in [4.69, 9.17) is 0 Å². The third-order valence-corrected chi connectivity index (χ3v) is 1.74. The maximum absolute atomic E-state index is 3.71. The Morgan fingerprint density at radius 2 is 1.40 bits per heavy atom. The van der Waals surface area contributed by atoms with Crippen molar-refractivity contribution in [2.24, 2.45) is 0 Å². The highest BCUT2D eigenvalue weighted by atomic mass is 14.0. The molecule has 0 aromatic rings. The van der Waals surface area contributed by atoms with Crippen molar-refractivity contribution < 1.29 is 0 Å². The minimum Gasteiger partial charge on any atom is -0.0988 e. The molecule has 0 aromatic carbocycles. The van der Waals surface area contributed by atoms with Crippen molar-refractivity contribution in [1.29, 1.82) is 0 Å². The number of rotatable bonds is 2. The molecule has 0 heterocycles. The van der Waals surface area contributed by atoms with Crippen LogP contribution in [0.4, 0.5) is 0 Å². The van der Waals surface area contributed by atoms with E-state index in [1.54, 1.807) is 0 Å². The summed E-state index contributed by atoms with van der Waals surface area (Å²) in [7, 11) is 0. The normalized spacial score (nSPS) is 17.2. The Hall–Kier alpha value is -1.04. The molecule has 0 heteroatoms. The van der Waals surface area contributed by atoms with Crippen molar-refractivity contribution in [3.05, 3.63) is 48.6 Å². The van der Waals surface area contributed by atoms with Crippen LogP contribution < -0.4 is 0 Å². The van der Waals surface area contributed by atoms with Crippen LogP contribution in [0.15, 0.2) is 48.6 Å². The monoisotopic (exact) mass is 132 g/mol. The van der Waals surface area contributed by atoms with Gasteiger partial charge in [-0.05, 0) is 24.0 Å². The SMILES string of the molecule is C=CC1=CC=C(C=C)CC1. The van der Waals surface area contributed by atoms with Gasteiger partial charge in [-0.3, -0.25) is 0 Å². The Bertz CT molecular complexity index is 180. The molecule has 0 aromatic heterocycles. The van der Waals surface area contributed by atoms with Crippen molar-refractivity contribution in [2.45, 2.75) is 12.8 Å². The summed E-state index contributed by atoms with van der Waals surface area (Å²) in [6.45, 7) is 7.42. The lowest BCUT2D eigenvalue weighted by atomic mass is 9.99. The molecule has 0 unspecified atom stereocenters. The van der Waals surface area contributed by atoms with Crippen molar-refractivity contribution >= 4 is 0 Å². The van der Waals surface area contributed by atoms with Gasteiger partial charge in [-0.1, -0.05) is 37.5 Å². The van der Waals surface area contributed by atoms with E-state index in [2.05, 4.69) is 25.3 Å². The van der Waals surface area contributed by atoms with E-state index in [9.17, 15) is 0 Å². The lowest BCUT2D eigenvalue weighted by Crippen LogP contribution is -1.87. The van der Waals surface area contributed by atoms with Gasteiger partial charge in [0.25, 0.3) is 0 Å². The highest BCUT2D eigenvalue weighted by molar-refractivity contribution is 5.33. The summed E-state index contributed by atoms with van der Waals surface area (Å²) < 4.78 is 0. The zero-order valence-corrected chi connectivity index (χ0v) is 6.14. The van der Waals surface area contributed by atoms with Crippen LogP contribution in [0.25, 0.3) is 0 Å². The quantitative estimate of drug-likeness (QED) is 0.541. The lowest BCUT2D eigenvalue weighted by molar-refractivity contribution is 0.954. The Balaban J connectivity index is 2.73. The molecule has 1 aliphatic carbocycles. The highest BCUT2D eigenvalue weighted by Crippen LogP contribution is 2.18. The fourth-order valence-electron chi connectivity index (χ4n) is 1.01. The third kappa shape index (κ3) is 1.47. The van der Waals surface area contributed by atoms with Gasteiger partial charge in [-0.2, -0.15) is 0 Å². The lowest BCUT2D eigenvalue weighted by Gasteiger charge is -2.07. The van der Waals surface area contributed by atoms with Crippen LogP contribution in [-0.2, 0) is 0 Å².